The molecule has 3 unspecified atom stereocenters. The fraction of sp³-hybridized carbons (Fsp3) is 0.263. The monoisotopic (exact) mass is 361 g/mol. The van der Waals surface area contributed by atoms with Crippen LogP contribution in [0.2, 0.25) is 0 Å². The van der Waals surface area contributed by atoms with Crippen molar-refractivity contribution in [2.75, 3.05) is 0 Å². The van der Waals surface area contributed by atoms with Crippen LogP contribution in [0.15, 0.2) is 53.8 Å². The Morgan fingerprint density at radius 3 is 2.89 bits per heavy atom. The van der Waals surface area contributed by atoms with Gasteiger partial charge in [0.05, 0.1) is 22.7 Å². The molecule has 5 rings (SSSR count). The Bertz CT molecular complexity index is 1090. The van der Waals surface area contributed by atoms with Gasteiger partial charge in [0.1, 0.15) is 12.2 Å². The van der Waals surface area contributed by atoms with E-state index in [1.165, 1.54) is 12.4 Å². The molecule has 3 atom stereocenters. The fourth-order valence-corrected chi connectivity index (χ4v) is 4.39. The lowest BCUT2D eigenvalue weighted by Crippen LogP contribution is -2.39. The normalized spacial score (nSPS) is 28.1. The van der Waals surface area contributed by atoms with E-state index >= 15 is 0 Å². The van der Waals surface area contributed by atoms with E-state index in [0.29, 0.717) is 30.2 Å². The molecule has 3 aliphatic rings. The SMILES string of the molecule is O=C1NC(=O)C2(C3CCn4c3nc(-c3ccncn3)cc4=O)C=CC=CC12. The Morgan fingerprint density at radius 1 is 1.19 bits per heavy atom. The van der Waals surface area contributed by atoms with E-state index < -0.39 is 11.3 Å². The lowest BCUT2D eigenvalue weighted by atomic mass is 9.65. The Kier molecular flexibility index (Phi) is 3.24. The van der Waals surface area contributed by atoms with Crippen LogP contribution in [0.3, 0.4) is 0 Å². The third kappa shape index (κ3) is 2.09. The summed E-state index contributed by atoms with van der Waals surface area (Å²) in [6, 6.07) is 3.12. The number of allylic oxidation sites excluding steroid dienone is 2. The second-order valence-electron chi connectivity index (χ2n) is 6.90. The molecule has 0 bridgehead atoms. The van der Waals surface area contributed by atoms with E-state index in [4.69, 9.17) is 0 Å². The van der Waals surface area contributed by atoms with Crippen molar-refractivity contribution in [3.63, 3.8) is 0 Å². The number of hydrogen-bond donors (Lipinski definition) is 1. The van der Waals surface area contributed by atoms with Gasteiger partial charge in [-0.2, -0.15) is 0 Å². The maximum atomic E-state index is 12.8. The minimum Gasteiger partial charge on any atom is -0.296 e. The Balaban J connectivity index is 1.69. The zero-order chi connectivity index (χ0) is 18.6. The summed E-state index contributed by atoms with van der Waals surface area (Å²) in [5.41, 5.74) is -0.262. The van der Waals surface area contributed by atoms with Crippen LogP contribution in [0.5, 0.6) is 0 Å². The number of hydrogen-bond acceptors (Lipinski definition) is 6. The van der Waals surface area contributed by atoms with Crippen molar-refractivity contribution in [1.29, 1.82) is 0 Å². The van der Waals surface area contributed by atoms with Crippen molar-refractivity contribution in [2.24, 2.45) is 11.3 Å². The van der Waals surface area contributed by atoms with Crippen LogP contribution in [-0.2, 0) is 16.1 Å². The first-order chi connectivity index (χ1) is 13.1. The highest BCUT2D eigenvalue weighted by molar-refractivity contribution is 6.10. The average molecular weight is 361 g/mol. The smallest absolute Gasteiger partial charge is 0.254 e. The van der Waals surface area contributed by atoms with Crippen LogP contribution in [0.4, 0.5) is 0 Å². The molecule has 1 saturated heterocycles. The molecule has 1 N–H and O–H groups in total. The third-order valence-electron chi connectivity index (χ3n) is 5.63. The highest BCUT2D eigenvalue weighted by atomic mass is 16.2. The molecule has 8 nitrogen and oxygen atoms in total. The van der Waals surface area contributed by atoms with Crippen molar-refractivity contribution in [2.45, 2.75) is 18.9 Å². The van der Waals surface area contributed by atoms with E-state index in [-0.39, 0.29) is 23.3 Å². The van der Waals surface area contributed by atoms with E-state index in [0.717, 1.165) is 0 Å². The maximum absolute atomic E-state index is 12.8. The summed E-state index contributed by atoms with van der Waals surface area (Å²) in [4.78, 5) is 50.5. The first-order valence-electron chi connectivity index (χ1n) is 8.71. The lowest BCUT2D eigenvalue weighted by molar-refractivity contribution is -0.127. The van der Waals surface area contributed by atoms with Crippen molar-refractivity contribution >= 4 is 11.8 Å². The van der Waals surface area contributed by atoms with Gasteiger partial charge >= 0.3 is 0 Å². The van der Waals surface area contributed by atoms with Gasteiger partial charge in [0.15, 0.2) is 0 Å². The quantitative estimate of drug-likeness (QED) is 0.784. The highest BCUT2D eigenvalue weighted by Gasteiger charge is 2.59. The predicted octanol–water partition coefficient (Wildman–Crippen LogP) is 0.573. The first kappa shape index (κ1) is 15.8. The van der Waals surface area contributed by atoms with Gasteiger partial charge in [-0.05, 0) is 12.5 Å². The second-order valence-corrected chi connectivity index (χ2v) is 6.90. The Hall–Kier alpha value is -3.42. The van der Waals surface area contributed by atoms with E-state index in [2.05, 4.69) is 20.3 Å². The van der Waals surface area contributed by atoms with Gasteiger partial charge in [0, 0.05) is 24.7 Å². The van der Waals surface area contributed by atoms with Crippen molar-refractivity contribution < 1.29 is 9.59 Å². The molecular formula is C19H15N5O3. The van der Waals surface area contributed by atoms with Gasteiger partial charge in [-0.15, -0.1) is 0 Å². The summed E-state index contributed by atoms with van der Waals surface area (Å²) in [6.07, 6.45) is 10.6. The number of imide groups is 1. The molecule has 4 heterocycles. The zero-order valence-corrected chi connectivity index (χ0v) is 14.2. The molecule has 0 aromatic carbocycles. The van der Waals surface area contributed by atoms with E-state index in [9.17, 15) is 14.4 Å². The molecule has 1 fully saturated rings. The first-order valence-corrected chi connectivity index (χ1v) is 8.71. The average Bonchev–Trinajstić information content (AvgIpc) is 3.23. The number of rotatable bonds is 2. The van der Waals surface area contributed by atoms with Crippen molar-refractivity contribution in [3.8, 4) is 11.4 Å². The molecule has 2 amide bonds. The summed E-state index contributed by atoms with van der Waals surface area (Å²) < 4.78 is 1.59. The molecule has 2 aliphatic heterocycles. The summed E-state index contributed by atoms with van der Waals surface area (Å²) in [7, 11) is 0. The van der Waals surface area contributed by atoms with Gasteiger partial charge in [-0.3, -0.25) is 24.3 Å². The minimum atomic E-state index is -1.05. The van der Waals surface area contributed by atoms with Crippen LogP contribution in [0.1, 0.15) is 18.2 Å². The molecule has 27 heavy (non-hydrogen) atoms. The number of fused-ring (bicyclic) bond motifs is 2. The molecule has 0 spiro atoms. The summed E-state index contributed by atoms with van der Waals surface area (Å²) in [6.45, 7) is 0.462. The van der Waals surface area contributed by atoms with E-state index in [1.54, 1.807) is 41.1 Å². The third-order valence-corrected chi connectivity index (χ3v) is 5.63. The van der Waals surface area contributed by atoms with Gasteiger partial charge < -0.3 is 0 Å². The Labute approximate surface area is 153 Å². The van der Waals surface area contributed by atoms with E-state index in [1.807, 2.05) is 0 Å². The molecule has 0 radical (unpaired) electrons. The number of nitrogens with one attached hydrogen (secondary N) is 1. The number of aromatic nitrogens is 4. The predicted molar refractivity (Wildman–Crippen MR) is 94.2 cm³/mol. The summed E-state index contributed by atoms with van der Waals surface area (Å²) >= 11 is 0. The van der Waals surface area contributed by atoms with Crippen molar-refractivity contribution in [1.82, 2.24) is 24.8 Å². The highest BCUT2D eigenvalue weighted by Crippen LogP contribution is 2.52. The van der Waals surface area contributed by atoms with Crippen molar-refractivity contribution in [3.05, 3.63) is 65.1 Å². The number of carbonyl (C=O) groups is 2. The molecule has 0 saturated carbocycles. The molecule has 8 heteroatoms. The van der Waals surface area contributed by atoms with Crippen LogP contribution in [-0.4, -0.2) is 31.3 Å². The minimum absolute atomic E-state index is 0.191. The maximum Gasteiger partial charge on any atom is 0.254 e. The van der Waals surface area contributed by atoms with Crippen LogP contribution in [0.25, 0.3) is 11.4 Å². The molecule has 1 aliphatic carbocycles. The standard InChI is InChI=1S/C19H15N5O3/c25-15-9-14(13-4-7-20-10-21-13)22-16-11(5-8-24(15)16)19-6-2-1-3-12(19)17(26)23-18(19)27/h1-4,6-7,9-12H,5,8H2,(H,23,26,27). The molecule has 134 valence electrons. The second kappa shape index (κ2) is 5.54. The molecule has 2 aromatic rings. The molecule has 2 aromatic heterocycles. The number of carbonyl (C=O) groups excluding carboxylic acids is 2. The van der Waals surface area contributed by atoms with Gasteiger partial charge in [-0.25, -0.2) is 15.0 Å². The van der Waals surface area contributed by atoms with Crippen LogP contribution < -0.4 is 10.9 Å². The largest absolute Gasteiger partial charge is 0.296 e. The number of amides is 2. The fourth-order valence-electron chi connectivity index (χ4n) is 4.39. The Morgan fingerprint density at radius 2 is 2.07 bits per heavy atom. The zero-order valence-electron chi connectivity index (χ0n) is 14.2. The van der Waals surface area contributed by atoms with Crippen LogP contribution in [0, 0.1) is 11.3 Å². The molecular weight excluding hydrogens is 346 g/mol. The topological polar surface area (TPSA) is 107 Å². The van der Waals surface area contributed by atoms with Gasteiger partial charge in [-0.1, -0.05) is 24.3 Å². The van der Waals surface area contributed by atoms with Gasteiger partial charge in [0.2, 0.25) is 11.8 Å². The lowest BCUT2D eigenvalue weighted by Gasteiger charge is -2.33. The van der Waals surface area contributed by atoms with Crippen LogP contribution >= 0.6 is 0 Å². The van der Waals surface area contributed by atoms with Gasteiger partial charge in [0.25, 0.3) is 5.56 Å². The summed E-state index contributed by atoms with van der Waals surface area (Å²) in [5.74, 6) is -1.09. The summed E-state index contributed by atoms with van der Waals surface area (Å²) in [5, 5.41) is 2.45. The number of nitrogens with zero attached hydrogens (tertiary/aromatic N) is 4.